The first-order valence-electron chi connectivity index (χ1n) is 9.68. The lowest BCUT2D eigenvalue weighted by Gasteiger charge is -2.07. The van der Waals surface area contributed by atoms with E-state index in [-0.39, 0.29) is 30.2 Å². The zero-order valence-electron chi connectivity index (χ0n) is 16.3. The maximum atomic E-state index is 11.8. The van der Waals surface area contributed by atoms with Crippen molar-refractivity contribution in [1.82, 2.24) is 0 Å². The van der Waals surface area contributed by atoms with Crippen LogP contribution in [0.25, 0.3) is 0 Å². The number of benzene rings is 1. The van der Waals surface area contributed by atoms with Gasteiger partial charge in [-0.3, -0.25) is 19.7 Å². The smallest absolute Gasteiger partial charge is 0.306 e. The molecule has 0 unspecified atom stereocenters. The number of hydrogen-bond donors (Lipinski definition) is 0. The van der Waals surface area contributed by atoms with Crippen LogP contribution in [-0.2, 0) is 25.7 Å². The first-order valence-corrected chi connectivity index (χ1v) is 10.1. The van der Waals surface area contributed by atoms with Crippen molar-refractivity contribution >= 4 is 29.2 Å². The molecule has 8 heteroatoms. The summed E-state index contributed by atoms with van der Waals surface area (Å²) in [5.41, 5.74) is 0.123. The third kappa shape index (κ3) is 10.3. The van der Waals surface area contributed by atoms with Crippen molar-refractivity contribution in [3.8, 4) is 0 Å². The summed E-state index contributed by atoms with van der Waals surface area (Å²) in [6, 6.07) is 4.12. The van der Waals surface area contributed by atoms with E-state index in [0.29, 0.717) is 37.3 Å². The second kappa shape index (κ2) is 13.9. The summed E-state index contributed by atoms with van der Waals surface area (Å²) in [6.07, 6.45) is 6.75. The van der Waals surface area contributed by atoms with E-state index in [1.54, 1.807) is 0 Å². The van der Waals surface area contributed by atoms with Crippen molar-refractivity contribution in [1.29, 1.82) is 0 Å². The highest BCUT2D eigenvalue weighted by Gasteiger charge is 2.15. The summed E-state index contributed by atoms with van der Waals surface area (Å²) in [5, 5.41) is 11.3. The van der Waals surface area contributed by atoms with Crippen LogP contribution in [0.1, 0.15) is 70.3 Å². The van der Waals surface area contributed by atoms with Crippen LogP contribution >= 0.6 is 11.6 Å². The van der Waals surface area contributed by atoms with Crippen LogP contribution < -0.4 is 0 Å². The molecule has 0 fully saturated rings. The zero-order chi connectivity index (χ0) is 20.8. The summed E-state index contributed by atoms with van der Waals surface area (Å²) in [4.78, 5) is 33.8. The summed E-state index contributed by atoms with van der Waals surface area (Å²) < 4.78 is 10.2. The van der Waals surface area contributed by atoms with Crippen molar-refractivity contribution < 1.29 is 24.0 Å². The number of nitro benzene ring substituents is 1. The number of ether oxygens (including phenoxy) is 2. The van der Waals surface area contributed by atoms with Crippen LogP contribution in [0.4, 0.5) is 5.69 Å². The topological polar surface area (TPSA) is 95.7 Å². The molecule has 1 rings (SSSR count). The molecule has 0 radical (unpaired) electrons. The van der Waals surface area contributed by atoms with Gasteiger partial charge in [-0.1, -0.05) is 44.2 Å². The lowest BCUT2D eigenvalue weighted by Crippen LogP contribution is -2.07. The molecule has 0 heterocycles. The van der Waals surface area contributed by atoms with Crippen molar-refractivity contribution in [3.05, 3.63) is 38.9 Å². The van der Waals surface area contributed by atoms with Gasteiger partial charge in [-0.2, -0.15) is 0 Å². The number of carbonyl (C=O) groups is 2. The minimum atomic E-state index is -0.539. The number of hydrogen-bond acceptors (Lipinski definition) is 6. The van der Waals surface area contributed by atoms with Gasteiger partial charge in [-0.05, 0) is 31.4 Å². The molecule has 0 aliphatic rings. The fourth-order valence-corrected chi connectivity index (χ4v) is 2.78. The maximum Gasteiger partial charge on any atom is 0.306 e. The Bertz CT molecular complexity index is 650. The van der Waals surface area contributed by atoms with Crippen molar-refractivity contribution in [2.24, 2.45) is 0 Å². The molecule has 0 aliphatic carbocycles. The number of carbonyl (C=O) groups excluding carboxylic acids is 2. The van der Waals surface area contributed by atoms with Gasteiger partial charge < -0.3 is 9.47 Å². The van der Waals surface area contributed by atoms with E-state index >= 15 is 0 Å². The lowest BCUT2D eigenvalue weighted by molar-refractivity contribution is -0.385. The average molecular weight is 414 g/mol. The highest BCUT2D eigenvalue weighted by molar-refractivity contribution is 6.30. The highest BCUT2D eigenvalue weighted by Crippen LogP contribution is 2.23. The second-order valence-electron chi connectivity index (χ2n) is 6.53. The summed E-state index contributed by atoms with van der Waals surface area (Å²) in [5.74, 6) is -0.639. The van der Waals surface area contributed by atoms with Crippen LogP contribution in [0.5, 0.6) is 0 Å². The maximum absolute atomic E-state index is 11.8. The van der Waals surface area contributed by atoms with E-state index in [2.05, 4.69) is 6.92 Å². The van der Waals surface area contributed by atoms with Gasteiger partial charge >= 0.3 is 11.9 Å². The predicted molar refractivity (Wildman–Crippen MR) is 106 cm³/mol. The van der Waals surface area contributed by atoms with Crippen LogP contribution in [-0.4, -0.2) is 23.5 Å². The Morgan fingerprint density at radius 2 is 1.64 bits per heavy atom. The monoisotopic (exact) mass is 413 g/mol. The molecule has 7 nitrogen and oxygen atoms in total. The molecule has 1 aromatic rings. The van der Waals surface area contributed by atoms with Gasteiger partial charge in [0.25, 0.3) is 5.69 Å². The molecule has 0 saturated heterocycles. The SMILES string of the molecule is CCCCCCOC(=O)CCCCCC(=O)OCc1cc(Cl)ccc1[N+](=O)[O-]. The fourth-order valence-electron chi connectivity index (χ4n) is 2.58. The van der Waals surface area contributed by atoms with Gasteiger partial charge in [-0.15, -0.1) is 0 Å². The molecule has 0 N–H and O–H groups in total. The van der Waals surface area contributed by atoms with Crippen LogP contribution in [0.3, 0.4) is 0 Å². The zero-order valence-corrected chi connectivity index (χ0v) is 17.0. The molecule has 28 heavy (non-hydrogen) atoms. The second-order valence-corrected chi connectivity index (χ2v) is 6.97. The molecule has 0 saturated carbocycles. The molecule has 0 aliphatic heterocycles. The van der Waals surface area contributed by atoms with Gasteiger partial charge in [0.1, 0.15) is 6.61 Å². The third-order valence-electron chi connectivity index (χ3n) is 4.15. The lowest BCUT2D eigenvalue weighted by atomic mass is 10.1. The Morgan fingerprint density at radius 3 is 2.29 bits per heavy atom. The summed E-state index contributed by atoms with van der Waals surface area (Å²) in [7, 11) is 0. The molecule has 156 valence electrons. The number of esters is 2. The molecule has 1 aromatic carbocycles. The Balaban J connectivity index is 2.15. The largest absolute Gasteiger partial charge is 0.466 e. The molecular weight excluding hydrogens is 386 g/mol. The Hall–Kier alpha value is -2.15. The highest BCUT2D eigenvalue weighted by atomic mass is 35.5. The van der Waals surface area contributed by atoms with Gasteiger partial charge in [0, 0.05) is 23.9 Å². The van der Waals surface area contributed by atoms with Gasteiger partial charge in [0.2, 0.25) is 0 Å². The Labute approximate surface area is 170 Å². The number of rotatable bonds is 14. The Morgan fingerprint density at radius 1 is 1.00 bits per heavy atom. The van der Waals surface area contributed by atoms with E-state index in [1.807, 2.05) is 0 Å². The predicted octanol–water partition coefficient (Wildman–Crippen LogP) is 5.37. The van der Waals surface area contributed by atoms with Crippen LogP contribution in [0, 0.1) is 10.1 Å². The molecular formula is C20H28ClNO6. The quantitative estimate of drug-likeness (QED) is 0.176. The Kier molecular flexibility index (Phi) is 11.9. The van der Waals surface area contributed by atoms with E-state index in [4.69, 9.17) is 21.1 Å². The molecule has 0 spiro atoms. The molecule has 0 aromatic heterocycles. The van der Waals surface area contributed by atoms with Crippen molar-refractivity contribution in [2.75, 3.05) is 6.61 Å². The van der Waals surface area contributed by atoms with Gasteiger partial charge in [0.15, 0.2) is 0 Å². The number of nitro groups is 1. The minimum absolute atomic E-state index is 0.134. The molecule has 0 atom stereocenters. The van der Waals surface area contributed by atoms with Crippen molar-refractivity contribution in [3.63, 3.8) is 0 Å². The first kappa shape index (κ1) is 23.9. The fraction of sp³-hybridized carbons (Fsp3) is 0.600. The summed E-state index contributed by atoms with van der Waals surface area (Å²) >= 11 is 5.83. The van der Waals surface area contributed by atoms with E-state index in [0.717, 1.165) is 25.7 Å². The normalized spacial score (nSPS) is 10.5. The van der Waals surface area contributed by atoms with Gasteiger partial charge in [-0.25, -0.2) is 0 Å². The van der Waals surface area contributed by atoms with Crippen LogP contribution in [0.15, 0.2) is 18.2 Å². The number of unbranched alkanes of at least 4 members (excludes halogenated alkanes) is 5. The average Bonchev–Trinajstić information content (AvgIpc) is 2.65. The standard InChI is InChI=1S/C20H28ClNO6/c1-2-3-4-8-13-27-19(23)9-6-5-7-10-20(24)28-15-16-14-17(21)11-12-18(16)22(25)26/h11-12,14H,2-10,13,15H2,1H3. The van der Waals surface area contributed by atoms with E-state index in [1.165, 1.54) is 18.2 Å². The first-order chi connectivity index (χ1) is 13.4. The van der Waals surface area contributed by atoms with E-state index < -0.39 is 10.9 Å². The van der Waals surface area contributed by atoms with E-state index in [9.17, 15) is 19.7 Å². The van der Waals surface area contributed by atoms with Gasteiger partial charge in [0.05, 0.1) is 17.1 Å². The molecule has 0 bridgehead atoms. The van der Waals surface area contributed by atoms with Crippen LogP contribution in [0.2, 0.25) is 5.02 Å². The third-order valence-corrected chi connectivity index (χ3v) is 4.38. The minimum Gasteiger partial charge on any atom is -0.466 e. The molecule has 0 amide bonds. The number of nitrogens with zero attached hydrogens (tertiary/aromatic N) is 1. The van der Waals surface area contributed by atoms with Crippen molar-refractivity contribution in [2.45, 2.75) is 71.3 Å². The summed E-state index contributed by atoms with van der Waals surface area (Å²) in [6.45, 7) is 2.41. The number of halogens is 1.